The molecule has 6 heteroatoms. The molecule has 0 atom stereocenters. The SMILES string of the molecule is O=C(O)CSCCCC(=O)N1CCOCC1. The monoisotopic (exact) mass is 247 g/mol. The van der Waals surface area contributed by atoms with E-state index < -0.39 is 5.97 Å². The summed E-state index contributed by atoms with van der Waals surface area (Å²) < 4.78 is 5.16. The van der Waals surface area contributed by atoms with Gasteiger partial charge in [-0.3, -0.25) is 9.59 Å². The quantitative estimate of drug-likeness (QED) is 0.690. The highest BCUT2D eigenvalue weighted by molar-refractivity contribution is 7.99. The molecule has 92 valence electrons. The van der Waals surface area contributed by atoms with E-state index in [2.05, 4.69) is 0 Å². The van der Waals surface area contributed by atoms with E-state index in [0.29, 0.717) is 32.7 Å². The van der Waals surface area contributed by atoms with Crippen LogP contribution in [0.15, 0.2) is 0 Å². The van der Waals surface area contributed by atoms with Gasteiger partial charge >= 0.3 is 5.97 Å². The summed E-state index contributed by atoms with van der Waals surface area (Å²) in [6.07, 6.45) is 1.25. The first-order valence-electron chi connectivity index (χ1n) is 5.35. The van der Waals surface area contributed by atoms with Crippen LogP contribution in [0.5, 0.6) is 0 Å². The molecular formula is C10H17NO4S. The molecule has 5 nitrogen and oxygen atoms in total. The Morgan fingerprint density at radius 3 is 2.62 bits per heavy atom. The first-order valence-corrected chi connectivity index (χ1v) is 6.50. The largest absolute Gasteiger partial charge is 0.481 e. The molecule has 0 aromatic carbocycles. The fourth-order valence-corrected chi connectivity index (χ4v) is 2.12. The van der Waals surface area contributed by atoms with Crippen molar-refractivity contribution in [1.29, 1.82) is 0 Å². The molecule has 0 aromatic rings. The van der Waals surface area contributed by atoms with E-state index in [1.165, 1.54) is 11.8 Å². The fraction of sp³-hybridized carbons (Fsp3) is 0.800. The molecule has 1 amide bonds. The van der Waals surface area contributed by atoms with E-state index in [4.69, 9.17) is 9.84 Å². The van der Waals surface area contributed by atoms with Crippen LogP contribution in [0, 0.1) is 0 Å². The third kappa shape index (κ3) is 5.37. The van der Waals surface area contributed by atoms with E-state index in [-0.39, 0.29) is 11.7 Å². The lowest BCUT2D eigenvalue weighted by atomic mass is 10.3. The van der Waals surface area contributed by atoms with Crippen molar-refractivity contribution in [2.75, 3.05) is 37.8 Å². The predicted molar refractivity (Wildman–Crippen MR) is 61.6 cm³/mol. The van der Waals surface area contributed by atoms with Gasteiger partial charge in [0.2, 0.25) is 5.91 Å². The molecule has 1 fully saturated rings. The number of nitrogens with zero attached hydrogens (tertiary/aromatic N) is 1. The summed E-state index contributed by atoms with van der Waals surface area (Å²) in [5.41, 5.74) is 0. The van der Waals surface area contributed by atoms with Gasteiger partial charge in [-0.15, -0.1) is 0 Å². The molecule has 1 aliphatic heterocycles. The zero-order chi connectivity index (χ0) is 11.8. The lowest BCUT2D eigenvalue weighted by Gasteiger charge is -2.26. The maximum Gasteiger partial charge on any atom is 0.313 e. The molecule has 16 heavy (non-hydrogen) atoms. The molecule has 0 aliphatic carbocycles. The highest BCUT2D eigenvalue weighted by Crippen LogP contribution is 2.07. The highest BCUT2D eigenvalue weighted by Gasteiger charge is 2.15. The van der Waals surface area contributed by atoms with Crippen LogP contribution in [-0.4, -0.2) is 59.7 Å². The second-order valence-electron chi connectivity index (χ2n) is 3.54. The zero-order valence-electron chi connectivity index (χ0n) is 9.18. The molecule has 1 rings (SSSR count). The number of aliphatic carboxylic acids is 1. The minimum atomic E-state index is -0.801. The van der Waals surface area contributed by atoms with Crippen molar-refractivity contribution < 1.29 is 19.4 Å². The number of rotatable bonds is 6. The number of hydrogen-bond donors (Lipinski definition) is 1. The Labute approximate surface area is 99.1 Å². The Balaban J connectivity index is 2.03. The van der Waals surface area contributed by atoms with Crippen LogP contribution in [0.2, 0.25) is 0 Å². The van der Waals surface area contributed by atoms with Crippen LogP contribution in [0.1, 0.15) is 12.8 Å². The standard InChI is InChI=1S/C10H17NO4S/c12-9(11-3-5-15-6-4-11)2-1-7-16-8-10(13)14/h1-8H2,(H,13,14). The van der Waals surface area contributed by atoms with Crippen molar-refractivity contribution in [3.63, 3.8) is 0 Å². The maximum absolute atomic E-state index is 11.6. The average Bonchev–Trinajstić information content (AvgIpc) is 2.29. The van der Waals surface area contributed by atoms with E-state index in [0.717, 1.165) is 12.2 Å². The van der Waals surface area contributed by atoms with Crippen molar-refractivity contribution >= 4 is 23.6 Å². The van der Waals surface area contributed by atoms with Crippen molar-refractivity contribution in [2.45, 2.75) is 12.8 Å². The number of thioether (sulfide) groups is 1. The van der Waals surface area contributed by atoms with Crippen molar-refractivity contribution in [2.24, 2.45) is 0 Å². The number of carbonyl (C=O) groups excluding carboxylic acids is 1. The summed E-state index contributed by atoms with van der Waals surface area (Å²) in [4.78, 5) is 23.7. The number of amides is 1. The Hall–Kier alpha value is -0.750. The topological polar surface area (TPSA) is 66.8 Å². The fourth-order valence-electron chi connectivity index (χ4n) is 1.46. The Morgan fingerprint density at radius 2 is 2.00 bits per heavy atom. The lowest BCUT2D eigenvalue weighted by Crippen LogP contribution is -2.40. The van der Waals surface area contributed by atoms with Crippen LogP contribution < -0.4 is 0 Å². The molecule has 0 aromatic heterocycles. The Bertz CT molecular complexity index is 241. The molecule has 1 saturated heterocycles. The highest BCUT2D eigenvalue weighted by atomic mass is 32.2. The van der Waals surface area contributed by atoms with Gasteiger partial charge in [-0.2, -0.15) is 11.8 Å². The number of carboxylic acids is 1. The minimum absolute atomic E-state index is 0.117. The minimum Gasteiger partial charge on any atom is -0.481 e. The first-order chi connectivity index (χ1) is 7.70. The molecular weight excluding hydrogens is 230 g/mol. The molecule has 1 heterocycles. The molecule has 0 saturated carbocycles. The molecule has 0 spiro atoms. The first kappa shape index (κ1) is 13.3. The number of carbonyl (C=O) groups is 2. The van der Waals surface area contributed by atoms with Gasteiger partial charge < -0.3 is 14.7 Å². The summed E-state index contributed by atoms with van der Waals surface area (Å²) in [5.74, 6) is 0.192. The second-order valence-corrected chi connectivity index (χ2v) is 4.65. The zero-order valence-corrected chi connectivity index (χ0v) is 10.0. The normalized spacial score (nSPS) is 16.1. The molecule has 0 unspecified atom stereocenters. The third-order valence-electron chi connectivity index (χ3n) is 2.27. The third-order valence-corrected chi connectivity index (χ3v) is 3.30. The molecule has 0 radical (unpaired) electrons. The summed E-state index contributed by atoms with van der Waals surface area (Å²) in [5, 5.41) is 8.42. The van der Waals surface area contributed by atoms with Crippen LogP contribution in [0.4, 0.5) is 0 Å². The van der Waals surface area contributed by atoms with Gasteiger partial charge in [-0.05, 0) is 12.2 Å². The van der Waals surface area contributed by atoms with Crippen LogP contribution in [0.25, 0.3) is 0 Å². The van der Waals surface area contributed by atoms with Crippen LogP contribution in [0.3, 0.4) is 0 Å². The summed E-state index contributed by atoms with van der Waals surface area (Å²) in [6, 6.07) is 0. The van der Waals surface area contributed by atoms with E-state index in [1.54, 1.807) is 0 Å². The van der Waals surface area contributed by atoms with Gasteiger partial charge in [-0.1, -0.05) is 0 Å². The summed E-state index contributed by atoms with van der Waals surface area (Å²) >= 11 is 1.36. The van der Waals surface area contributed by atoms with Gasteiger partial charge in [0.05, 0.1) is 19.0 Å². The molecule has 0 bridgehead atoms. The van der Waals surface area contributed by atoms with Gasteiger partial charge in [-0.25, -0.2) is 0 Å². The number of carboxylic acid groups (broad SMARTS) is 1. The number of morpholine rings is 1. The van der Waals surface area contributed by atoms with E-state index >= 15 is 0 Å². The van der Waals surface area contributed by atoms with Gasteiger partial charge in [0, 0.05) is 19.5 Å². The van der Waals surface area contributed by atoms with E-state index in [1.807, 2.05) is 4.90 Å². The second kappa shape index (κ2) is 7.51. The van der Waals surface area contributed by atoms with Crippen LogP contribution in [-0.2, 0) is 14.3 Å². The number of ether oxygens (including phenoxy) is 1. The van der Waals surface area contributed by atoms with Gasteiger partial charge in [0.1, 0.15) is 0 Å². The van der Waals surface area contributed by atoms with Crippen LogP contribution >= 0.6 is 11.8 Å². The van der Waals surface area contributed by atoms with Gasteiger partial charge in [0.15, 0.2) is 0 Å². The predicted octanol–water partition coefficient (Wildman–Crippen LogP) is 0.443. The summed E-state index contributed by atoms with van der Waals surface area (Å²) in [6.45, 7) is 2.61. The molecule has 1 N–H and O–H groups in total. The lowest BCUT2D eigenvalue weighted by molar-refractivity contribution is -0.135. The summed E-state index contributed by atoms with van der Waals surface area (Å²) in [7, 11) is 0. The maximum atomic E-state index is 11.6. The average molecular weight is 247 g/mol. The van der Waals surface area contributed by atoms with Crippen molar-refractivity contribution in [3.8, 4) is 0 Å². The Morgan fingerprint density at radius 1 is 1.31 bits per heavy atom. The molecule has 1 aliphatic rings. The smallest absolute Gasteiger partial charge is 0.313 e. The van der Waals surface area contributed by atoms with E-state index in [9.17, 15) is 9.59 Å². The number of hydrogen-bond acceptors (Lipinski definition) is 4. The van der Waals surface area contributed by atoms with Crippen molar-refractivity contribution in [1.82, 2.24) is 4.90 Å². The van der Waals surface area contributed by atoms with Gasteiger partial charge in [0.25, 0.3) is 0 Å². The van der Waals surface area contributed by atoms with Crippen molar-refractivity contribution in [3.05, 3.63) is 0 Å². The Kier molecular flexibility index (Phi) is 6.25.